The first-order valence-corrected chi connectivity index (χ1v) is 14.0. The van der Waals surface area contributed by atoms with Crippen LogP contribution in [-0.4, -0.2) is 62.7 Å². The van der Waals surface area contributed by atoms with Crippen LogP contribution in [0.3, 0.4) is 0 Å². The number of aryl methyl sites for hydroxylation is 1. The maximum absolute atomic E-state index is 13.1. The van der Waals surface area contributed by atoms with Gasteiger partial charge >= 0.3 is 0 Å². The van der Waals surface area contributed by atoms with E-state index in [-0.39, 0.29) is 23.3 Å². The molecule has 0 spiro atoms. The van der Waals surface area contributed by atoms with Crippen LogP contribution >= 0.6 is 0 Å². The van der Waals surface area contributed by atoms with E-state index in [1.54, 1.807) is 22.5 Å². The second-order valence-electron chi connectivity index (χ2n) is 9.05. The molecule has 0 saturated carbocycles. The zero-order chi connectivity index (χ0) is 24.6. The van der Waals surface area contributed by atoms with Crippen LogP contribution in [0.25, 0.3) is 0 Å². The van der Waals surface area contributed by atoms with Crippen LogP contribution in [0, 0.1) is 6.92 Å². The van der Waals surface area contributed by atoms with E-state index in [4.69, 9.17) is 0 Å². The minimum Gasteiger partial charge on any atom is -0.308 e. The molecule has 1 heterocycles. The number of nitrogens with one attached hydrogen (secondary N) is 1. The Morgan fingerprint density at radius 2 is 1.65 bits per heavy atom. The second-order valence-corrected chi connectivity index (χ2v) is 11.0. The standard InChI is InChI=1S/C27H39N3O3S/c1-4-29(5-2)26(23-15-13-22(3)14-16-23)20-28-21-27(31)24-11-10-12-25(19-24)34(32,33)30-17-8-6-7-9-18-30/h10-16,19,26,28H,4-9,17-18,20-21H2,1-3H3. The number of sulfonamides is 1. The molecule has 0 bridgehead atoms. The third kappa shape index (κ3) is 6.75. The minimum absolute atomic E-state index is 0.102. The Hall–Kier alpha value is -2.06. The third-order valence-corrected chi connectivity index (χ3v) is 8.59. The number of hydrogen-bond acceptors (Lipinski definition) is 5. The lowest BCUT2D eigenvalue weighted by atomic mass is 10.0. The molecule has 0 amide bonds. The summed E-state index contributed by atoms with van der Waals surface area (Å²) in [7, 11) is -3.58. The molecule has 7 heteroatoms. The summed E-state index contributed by atoms with van der Waals surface area (Å²) < 4.78 is 27.8. The van der Waals surface area contributed by atoms with Crippen LogP contribution in [-0.2, 0) is 10.0 Å². The van der Waals surface area contributed by atoms with Crippen molar-refractivity contribution in [2.24, 2.45) is 0 Å². The molecule has 1 unspecified atom stereocenters. The van der Waals surface area contributed by atoms with Gasteiger partial charge in [0.2, 0.25) is 10.0 Å². The molecule has 2 aromatic rings. The van der Waals surface area contributed by atoms with Gasteiger partial charge in [-0.05, 0) is 50.6 Å². The van der Waals surface area contributed by atoms with Crippen LogP contribution in [0.4, 0.5) is 0 Å². The average Bonchev–Trinajstić information content (AvgIpc) is 3.15. The fourth-order valence-electron chi connectivity index (χ4n) is 4.60. The molecule has 0 radical (unpaired) electrons. The van der Waals surface area contributed by atoms with Gasteiger partial charge in [-0.25, -0.2) is 8.42 Å². The number of likely N-dealkylation sites (N-methyl/N-ethyl adjacent to an activating group) is 1. The average molecular weight is 486 g/mol. The van der Waals surface area contributed by atoms with Gasteiger partial charge in [0.05, 0.1) is 11.4 Å². The first-order valence-electron chi connectivity index (χ1n) is 12.5. The summed E-state index contributed by atoms with van der Waals surface area (Å²) in [6.07, 6.45) is 3.90. The molecule has 186 valence electrons. The van der Waals surface area contributed by atoms with E-state index in [0.717, 1.165) is 38.8 Å². The topological polar surface area (TPSA) is 69.7 Å². The zero-order valence-corrected chi connectivity index (χ0v) is 21.6. The molecule has 1 atom stereocenters. The molecule has 1 N–H and O–H groups in total. The third-order valence-electron chi connectivity index (χ3n) is 6.70. The Morgan fingerprint density at radius 1 is 1.00 bits per heavy atom. The maximum Gasteiger partial charge on any atom is 0.243 e. The van der Waals surface area contributed by atoms with Crippen LogP contribution in [0.15, 0.2) is 53.4 Å². The van der Waals surface area contributed by atoms with Crippen LogP contribution < -0.4 is 5.32 Å². The summed E-state index contributed by atoms with van der Waals surface area (Å²) in [6, 6.07) is 15.2. The van der Waals surface area contributed by atoms with E-state index >= 15 is 0 Å². The Labute approximate surface area is 205 Å². The number of carbonyl (C=O) groups is 1. The highest BCUT2D eigenvalue weighted by Crippen LogP contribution is 2.22. The number of ketones is 1. The van der Waals surface area contributed by atoms with E-state index < -0.39 is 10.0 Å². The Balaban J connectivity index is 1.67. The summed E-state index contributed by atoms with van der Waals surface area (Å²) in [5, 5.41) is 3.32. The van der Waals surface area contributed by atoms with Crippen molar-refractivity contribution in [3.05, 3.63) is 65.2 Å². The van der Waals surface area contributed by atoms with E-state index in [9.17, 15) is 13.2 Å². The molecular weight excluding hydrogens is 446 g/mol. The van der Waals surface area contributed by atoms with Crippen LogP contribution in [0.1, 0.15) is 67.1 Å². The molecule has 1 aliphatic heterocycles. The molecule has 1 fully saturated rings. The van der Waals surface area contributed by atoms with Crippen molar-refractivity contribution in [3.63, 3.8) is 0 Å². The smallest absolute Gasteiger partial charge is 0.243 e. The van der Waals surface area contributed by atoms with Gasteiger partial charge in [0, 0.05) is 31.2 Å². The largest absolute Gasteiger partial charge is 0.308 e. The van der Waals surface area contributed by atoms with E-state index in [1.165, 1.54) is 17.2 Å². The fourth-order valence-corrected chi connectivity index (χ4v) is 6.16. The highest BCUT2D eigenvalue weighted by atomic mass is 32.2. The SMILES string of the molecule is CCN(CC)C(CNCC(=O)c1cccc(S(=O)(=O)N2CCCCCC2)c1)c1ccc(C)cc1. The van der Waals surface area contributed by atoms with Gasteiger partial charge in [0.15, 0.2) is 5.78 Å². The Bertz CT molecular complexity index is 1030. The van der Waals surface area contributed by atoms with Gasteiger partial charge < -0.3 is 5.32 Å². The van der Waals surface area contributed by atoms with Crippen molar-refractivity contribution in [2.75, 3.05) is 39.3 Å². The first-order chi connectivity index (χ1) is 16.4. The lowest BCUT2D eigenvalue weighted by Crippen LogP contribution is -2.37. The number of rotatable bonds is 11. The number of nitrogens with zero attached hydrogens (tertiary/aromatic N) is 2. The van der Waals surface area contributed by atoms with Gasteiger partial charge in [-0.3, -0.25) is 9.69 Å². The molecule has 0 aromatic heterocycles. The molecule has 6 nitrogen and oxygen atoms in total. The highest BCUT2D eigenvalue weighted by Gasteiger charge is 2.26. The second kappa shape index (κ2) is 12.6. The molecule has 1 saturated heterocycles. The monoisotopic (exact) mass is 485 g/mol. The predicted octanol–water partition coefficient (Wildman–Crippen LogP) is 4.42. The summed E-state index contributed by atoms with van der Waals surface area (Å²) in [6.45, 7) is 10.1. The van der Waals surface area contributed by atoms with E-state index in [0.29, 0.717) is 25.2 Å². The predicted molar refractivity (Wildman–Crippen MR) is 138 cm³/mol. The van der Waals surface area contributed by atoms with Gasteiger partial charge in [-0.1, -0.05) is 68.7 Å². The molecule has 0 aliphatic carbocycles. The summed E-state index contributed by atoms with van der Waals surface area (Å²) >= 11 is 0. The molecular formula is C27H39N3O3S. The van der Waals surface area contributed by atoms with Gasteiger partial charge in [-0.15, -0.1) is 0 Å². The van der Waals surface area contributed by atoms with E-state index in [1.807, 2.05) is 0 Å². The number of Topliss-reactive ketones (excluding diaryl/α,β-unsaturated/α-hetero) is 1. The van der Waals surface area contributed by atoms with Crippen molar-refractivity contribution in [1.82, 2.24) is 14.5 Å². The summed E-state index contributed by atoms with van der Waals surface area (Å²) in [5.74, 6) is -0.102. The molecule has 1 aliphatic rings. The molecule has 3 rings (SSSR count). The number of hydrogen-bond donors (Lipinski definition) is 1. The normalized spacial score (nSPS) is 16.4. The van der Waals surface area contributed by atoms with Crippen LogP contribution in [0.2, 0.25) is 0 Å². The van der Waals surface area contributed by atoms with Gasteiger partial charge in [0.25, 0.3) is 0 Å². The zero-order valence-electron chi connectivity index (χ0n) is 20.8. The van der Waals surface area contributed by atoms with Crippen molar-refractivity contribution in [1.29, 1.82) is 0 Å². The quantitative estimate of drug-likeness (QED) is 0.477. The molecule has 34 heavy (non-hydrogen) atoms. The summed E-state index contributed by atoms with van der Waals surface area (Å²) in [5.41, 5.74) is 2.87. The van der Waals surface area contributed by atoms with Gasteiger partial charge in [0.1, 0.15) is 0 Å². The highest BCUT2D eigenvalue weighted by molar-refractivity contribution is 7.89. The minimum atomic E-state index is -3.58. The Morgan fingerprint density at radius 3 is 2.26 bits per heavy atom. The summed E-state index contributed by atoms with van der Waals surface area (Å²) in [4.78, 5) is 15.5. The van der Waals surface area contributed by atoms with Crippen molar-refractivity contribution >= 4 is 15.8 Å². The van der Waals surface area contributed by atoms with E-state index in [2.05, 4.69) is 55.3 Å². The van der Waals surface area contributed by atoms with Crippen molar-refractivity contribution < 1.29 is 13.2 Å². The van der Waals surface area contributed by atoms with Gasteiger partial charge in [-0.2, -0.15) is 4.31 Å². The number of carbonyl (C=O) groups excluding carboxylic acids is 1. The van der Waals surface area contributed by atoms with Crippen molar-refractivity contribution in [3.8, 4) is 0 Å². The fraction of sp³-hybridized carbons (Fsp3) is 0.519. The van der Waals surface area contributed by atoms with Crippen molar-refractivity contribution in [2.45, 2.75) is 57.4 Å². The van der Waals surface area contributed by atoms with Crippen LogP contribution in [0.5, 0.6) is 0 Å². The first kappa shape index (κ1) is 26.5. The lowest BCUT2D eigenvalue weighted by molar-refractivity contribution is 0.0986. The molecule has 2 aromatic carbocycles. The maximum atomic E-state index is 13.1. The number of benzene rings is 2. The Kier molecular flexibility index (Phi) is 9.83. The lowest BCUT2D eigenvalue weighted by Gasteiger charge is -2.30.